The molecule has 1 unspecified atom stereocenters. The molecular weight excluding hydrogens is 280 g/mol. The van der Waals surface area contributed by atoms with Gasteiger partial charge >= 0.3 is 6.09 Å². The van der Waals surface area contributed by atoms with Crippen LogP contribution in [0.5, 0.6) is 0 Å². The van der Waals surface area contributed by atoms with Crippen LogP contribution in [0, 0.1) is 5.41 Å². The summed E-state index contributed by atoms with van der Waals surface area (Å²) < 4.78 is 22.8. The maximum Gasteiger partial charge on any atom is 0.407 e. The lowest BCUT2D eigenvalue weighted by Crippen LogP contribution is -2.58. The minimum Gasteiger partial charge on any atom is -0.465 e. The molecule has 0 aromatic rings. The van der Waals surface area contributed by atoms with Crippen molar-refractivity contribution in [3.63, 3.8) is 0 Å². The van der Waals surface area contributed by atoms with Crippen molar-refractivity contribution in [2.45, 2.75) is 31.7 Å². The monoisotopic (exact) mass is 302 g/mol. The van der Waals surface area contributed by atoms with Gasteiger partial charge in [0.15, 0.2) is 9.84 Å². The molecule has 0 saturated carbocycles. The summed E-state index contributed by atoms with van der Waals surface area (Å²) in [7, 11) is -2.76. The van der Waals surface area contributed by atoms with Crippen LogP contribution in [0.15, 0.2) is 0 Å². The van der Waals surface area contributed by atoms with Crippen LogP contribution in [0.25, 0.3) is 0 Å². The van der Waals surface area contributed by atoms with Gasteiger partial charge in [-0.1, -0.05) is 0 Å². The van der Waals surface area contributed by atoms with Crippen LogP contribution >= 0.6 is 0 Å². The molecule has 0 aliphatic carbocycles. The average Bonchev–Trinajstić information content (AvgIpc) is 2.37. The summed E-state index contributed by atoms with van der Waals surface area (Å²) in [6.07, 6.45) is 3.03. The molecular formula is C13H22N2O4S. The van der Waals surface area contributed by atoms with Crippen LogP contribution in [-0.4, -0.2) is 73.1 Å². The lowest BCUT2D eigenvalue weighted by atomic mass is 9.80. The van der Waals surface area contributed by atoms with E-state index in [1.807, 2.05) is 0 Å². The van der Waals surface area contributed by atoms with E-state index in [1.165, 1.54) is 4.90 Å². The van der Waals surface area contributed by atoms with Crippen molar-refractivity contribution >= 4 is 15.9 Å². The summed E-state index contributed by atoms with van der Waals surface area (Å²) in [5.74, 6) is 0.722. The first-order valence-electron chi connectivity index (χ1n) is 7.32. The highest BCUT2D eigenvalue weighted by Gasteiger charge is 2.50. The molecule has 3 saturated heterocycles. The van der Waals surface area contributed by atoms with Crippen molar-refractivity contribution in [2.24, 2.45) is 5.41 Å². The first-order valence-corrected chi connectivity index (χ1v) is 9.14. The molecule has 1 N–H and O–H groups in total. The van der Waals surface area contributed by atoms with E-state index >= 15 is 0 Å². The highest BCUT2D eigenvalue weighted by atomic mass is 32.2. The topological polar surface area (TPSA) is 77.9 Å². The minimum absolute atomic E-state index is 0.0382. The van der Waals surface area contributed by atoms with Crippen molar-refractivity contribution in [3.05, 3.63) is 0 Å². The number of carboxylic acid groups (broad SMARTS) is 1. The van der Waals surface area contributed by atoms with Crippen molar-refractivity contribution in [1.82, 2.24) is 9.80 Å². The number of hydrogen-bond donors (Lipinski definition) is 1. The molecule has 3 aliphatic rings. The Morgan fingerprint density at radius 2 is 1.80 bits per heavy atom. The number of nitrogens with zero attached hydrogens (tertiary/aromatic N) is 2. The third kappa shape index (κ3) is 2.65. The standard InChI is InChI=1S/C13H22N2O4S/c16-12(17)15-5-1-2-11(8-15)14-6-3-13(4-7-14)9-20(18,19)10-13/h11H,1-10H2,(H,16,17). The number of rotatable bonds is 1. The van der Waals surface area contributed by atoms with Crippen LogP contribution in [0.2, 0.25) is 0 Å². The Balaban J connectivity index is 1.55. The van der Waals surface area contributed by atoms with Crippen LogP contribution in [0.3, 0.4) is 0 Å². The van der Waals surface area contributed by atoms with E-state index in [0.29, 0.717) is 30.6 Å². The number of carbonyl (C=O) groups is 1. The van der Waals surface area contributed by atoms with E-state index in [0.717, 1.165) is 38.8 Å². The molecule has 20 heavy (non-hydrogen) atoms. The zero-order valence-electron chi connectivity index (χ0n) is 11.6. The second kappa shape index (κ2) is 4.87. The Morgan fingerprint density at radius 1 is 1.15 bits per heavy atom. The molecule has 0 aromatic heterocycles. The summed E-state index contributed by atoms with van der Waals surface area (Å²) in [5.41, 5.74) is 0.0382. The Labute approximate surface area is 119 Å². The Bertz CT molecular complexity index is 483. The molecule has 6 nitrogen and oxygen atoms in total. The molecule has 0 bridgehead atoms. The fourth-order valence-electron chi connectivity index (χ4n) is 3.97. The summed E-state index contributed by atoms with van der Waals surface area (Å²) in [6.45, 7) is 3.06. The molecule has 0 aromatic carbocycles. The molecule has 1 spiro atoms. The van der Waals surface area contributed by atoms with Gasteiger partial charge in [-0.25, -0.2) is 13.2 Å². The fraction of sp³-hybridized carbons (Fsp3) is 0.923. The number of sulfone groups is 1. The number of amides is 1. The van der Waals surface area contributed by atoms with E-state index in [-0.39, 0.29) is 5.41 Å². The van der Waals surface area contributed by atoms with Crippen molar-refractivity contribution in [2.75, 3.05) is 37.7 Å². The molecule has 114 valence electrons. The summed E-state index contributed by atoms with van der Waals surface area (Å²) in [5, 5.41) is 9.08. The zero-order chi connectivity index (χ0) is 14.4. The summed E-state index contributed by atoms with van der Waals surface area (Å²) in [6, 6.07) is 0.314. The van der Waals surface area contributed by atoms with Gasteiger partial charge in [-0.2, -0.15) is 0 Å². The van der Waals surface area contributed by atoms with Gasteiger partial charge < -0.3 is 10.0 Å². The van der Waals surface area contributed by atoms with Crippen LogP contribution < -0.4 is 0 Å². The molecule has 7 heteroatoms. The highest BCUT2D eigenvalue weighted by Crippen LogP contribution is 2.42. The van der Waals surface area contributed by atoms with Gasteiger partial charge in [0.1, 0.15) is 0 Å². The third-order valence-electron chi connectivity index (χ3n) is 5.09. The van der Waals surface area contributed by atoms with E-state index < -0.39 is 15.9 Å². The number of likely N-dealkylation sites (tertiary alicyclic amines) is 2. The predicted molar refractivity (Wildman–Crippen MR) is 74.5 cm³/mol. The summed E-state index contributed by atoms with van der Waals surface area (Å²) in [4.78, 5) is 14.9. The van der Waals surface area contributed by atoms with Crippen LogP contribution in [-0.2, 0) is 9.84 Å². The van der Waals surface area contributed by atoms with E-state index in [4.69, 9.17) is 5.11 Å². The van der Waals surface area contributed by atoms with Gasteiger partial charge in [-0.15, -0.1) is 0 Å². The zero-order valence-corrected chi connectivity index (χ0v) is 12.4. The Morgan fingerprint density at radius 3 is 2.35 bits per heavy atom. The van der Waals surface area contributed by atoms with E-state index in [9.17, 15) is 13.2 Å². The van der Waals surface area contributed by atoms with Crippen LogP contribution in [0.1, 0.15) is 25.7 Å². The molecule has 3 heterocycles. The smallest absolute Gasteiger partial charge is 0.407 e. The van der Waals surface area contributed by atoms with Crippen LogP contribution in [0.4, 0.5) is 4.79 Å². The van der Waals surface area contributed by atoms with Crippen molar-refractivity contribution in [1.29, 1.82) is 0 Å². The first kappa shape index (κ1) is 14.1. The fourth-order valence-corrected chi connectivity index (χ4v) is 6.33. The third-order valence-corrected chi connectivity index (χ3v) is 7.20. The molecule has 3 fully saturated rings. The second-order valence-corrected chi connectivity index (χ2v) is 8.66. The molecule has 0 radical (unpaired) electrons. The maximum absolute atomic E-state index is 11.4. The van der Waals surface area contributed by atoms with Gasteiger partial charge in [0.2, 0.25) is 0 Å². The SMILES string of the molecule is O=C(O)N1CCCC(N2CCC3(CC2)CS(=O)(=O)C3)C1. The summed E-state index contributed by atoms with van der Waals surface area (Å²) >= 11 is 0. The highest BCUT2D eigenvalue weighted by molar-refractivity contribution is 7.92. The maximum atomic E-state index is 11.4. The quantitative estimate of drug-likeness (QED) is 0.769. The predicted octanol–water partition coefficient (Wildman–Crippen LogP) is 0.639. The second-order valence-electron chi connectivity index (χ2n) is 6.59. The lowest BCUT2D eigenvalue weighted by Gasteiger charge is -2.49. The normalized spacial score (nSPS) is 32.8. The largest absolute Gasteiger partial charge is 0.465 e. The minimum atomic E-state index is -2.76. The lowest BCUT2D eigenvalue weighted by molar-refractivity contribution is 0.0469. The molecule has 3 aliphatic heterocycles. The molecule has 3 rings (SSSR count). The number of piperidine rings is 2. The average molecular weight is 302 g/mol. The first-order chi connectivity index (χ1) is 9.39. The molecule has 1 atom stereocenters. The Kier molecular flexibility index (Phi) is 3.44. The van der Waals surface area contributed by atoms with Gasteiger partial charge in [0.05, 0.1) is 11.5 Å². The van der Waals surface area contributed by atoms with E-state index in [1.54, 1.807) is 0 Å². The van der Waals surface area contributed by atoms with Crippen molar-refractivity contribution < 1.29 is 18.3 Å². The van der Waals surface area contributed by atoms with E-state index in [2.05, 4.69) is 4.90 Å². The van der Waals surface area contributed by atoms with Gasteiger partial charge in [0.25, 0.3) is 0 Å². The van der Waals surface area contributed by atoms with Crippen molar-refractivity contribution in [3.8, 4) is 0 Å². The number of hydrogen-bond acceptors (Lipinski definition) is 4. The van der Waals surface area contributed by atoms with Gasteiger partial charge in [0, 0.05) is 24.5 Å². The van der Waals surface area contributed by atoms with Gasteiger partial charge in [-0.3, -0.25) is 4.90 Å². The Hall–Kier alpha value is -0.820. The van der Waals surface area contributed by atoms with Gasteiger partial charge in [-0.05, 0) is 38.8 Å². The molecule has 1 amide bonds.